The summed E-state index contributed by atoms with van der Waals surface area (Å²) >= 11 is 0. The second-order valence-electron chi connectivity index (χ2n) is 9.28. The summed E-state index contributed by atoms with van der Waals surface area (Å²) in [5.41, 5.74) is 0.0623. The quantitative estimate of drug-likeness (QED) is 0.687. The molecule has 1 unspecified atom stereocenters. The molecule has 0 radical (unpaired) electrons. The molecule has 0 aliphatic heterocycles. The van der Waals surface area contributed by atoms with Gasteiger partial charge in [-0.1, -0.05) is 0 Å². The first kappa shape index (κ1) is 25.3. The van der Waals surface area contributed by atoms with Crippen molar-refractivity contribution < 1.29 is 23.8 Å². The van der Waals surface area contributed by atoms with Gasteiger partial charge in [0.2, 0.25) is 0 Å². The van der Waals surface area contributed by atoms with E-state index in [2.05, 4.69) is 20.2 Å². The van der Waals surface area contributed by atoms with Crippen LogP contribution in [0.3, 0.4) is 0 Å². The van der Waals surface area contributed by atoms with Gasteiger partial charge in [0, 0.05) is 30.4 Å². The fraction of sp³-hybridized carbons (Fsp3) is 0.591. The zero-order valence-electron chi connectivity index (χ0n) is 20.1. The van der Waals surface area contributed by atoms with Crippen LogP contribution in [0, 0.1) is 0 Å². The highest BCUT2D eigenvalue weighted by Gasteiger charge is 2.36. The van der Waals surface area contributed by atoms with E-state index in [4.69, 9.17) is 14.2 Å². The molecule has 0 saturated heterocycles. The van der Waals surface area contributed by atoms with Crippen LogP contribution in [0.2, 0.25) is 0 Å². The smallest absolute Gasteiger partial charge is 0.425 e. The average molecular weight is 448 g/mol. The standard InChI is InChI=1S/C22H33N5O5/c1-9-30-14(2)10-16-17(15-11-25-26-12-15)23-13-24-18(16)27(19(28)31-21(3,4)5)20(29)32-22(6,7)8/h11-14H,9-10H2,1-8H3,(H,25,26). The van der Waals surface area contributed by atoms with Gasteiger partial charge in [0.05, 0.1) is 18.0 Å². The van der Waals surface area contributed by atoms with E-state index >= 15 is 0 Å². The minimum absolute atomic E-state index is 0.0752. The number of hydrogen-bond acceptors (Lipinski definition) is 8. The Balaban J connectivity index is 2.65. The third kappa shape index (κ3) is 7.01. The summed E-state index contributed by atoms with van der Waals surface area (Å²) in [6.07, 6.45) is 2.89. The lowest BCUT2D eigenvalue weighted by Crippen LogP contribution is -2.44. The molecule has 0 aliphatic carbocycles. The van der Waals surface area contributed by atoms with Crippen LogP contribution >= 0.6 is 0 Å². The van der Waals surface area contributed by atoms with Gasteiger partial charge in [0.1, 0.15) is 17.5 Å². The Kier molecular flexibility index (Phi) is 7.95. The molecule has 2 heterocycles. The molecule has 0 aliphatic rings. The summed E-state index contributed by atoms with van der Waals surface area (Å²) in [6, 6.07) is 0. The van der Waals surface area contributed by atoms with Crippen molar-refractivity contribution in [1.82, 2.24) is 20.2 Å². The second kappa shape index (κ2) is 10.1. The van der Waals surface area contributed by atoms with Gasteiger partial charge in [-0.25, -0.2) is 19.6 Å². The lowest BCUT2D eigenvalue weighted by molar-refractivity contribution is 0.0426. The molecule has 1 N–H and O–H groups in total. The summed E-state index contributed by atoms with van der Waals surface area (Å²) < 4.78 is 16.7. The molecule has 0 fully saturated rings. The van der Waals surface area contributed by atoms with E-state index in [1.165, 1.54) is 6.33 Å². The van der Waals surface area contributed by atoms with E-state index in [-0.39, 0.29) is 11.9 Å². The molecule has 0 saturated carbocycles. The molecule has 2 aromatic heterocycles. The van der Waals surface area contributed by atoms with E-state index in [0.29, 0.717) is 29.8 Å². The molecule has 2 rings (SSSR count). The molecule has 10 heteroatoms. The number of ether oxygens (including phenoxy) is 3. The van der Waals surface area contributed by atoms with Crippen LogP contribution in [0.4, 0.5) is 15.4 Å². The zero-order valence-corrected chi connectivity index (χ0v) is 20.1. The van der Waals surface area contributed by atoms with Crippen LogP contribution in [0.5, 0.6) is 0 Å². The fourth-order valence-corrected chi connectivity index (χ4v) is 2.91. The molecule has 0 aromatic carbocycles. The van der Waals surface area contributed by atoms with Gasteiger partial charge in [0.15, 0.2) is 5.82 Å². The SMILES string of the molecule is CCOC(C)Cc1c(-c2cn[nH]c2)ncnc1N(C(=O)OC(C)(C)C)C(=O)OC(C)(C)C. The molecule has 10 nitrogen and oxygen atoms in total. The summed E-state index contributed by atoms with van der Waals surface area (Å²) in [5, 5.41) is 6.74. The number of rotatable bonds is 6. The summed E-state index contributed by atoms with van der Waals surface area (Å²) in [5.74, 6) is 0.0752. The molecule has 2 amide bonds. The third-order valence-corrected chi connectivity index (χ3v) is 4.00. The minimum atomic E-state index is -0.895. The number of anilines is 1. The number of nitrogens with one attached hydrogen (secondary N) is 1. The predicted molar refractivity (Wildman–Crippen MR) is 119 cm³/mol. The highest BCUT2D eigenvalue weighted by Crippen LogP contribution is 2.31. The first-order chi connectivity index (χ1) is 14.8. The van der Waals surface area contributed by atoms with Crippen LogP contribution in [-0.2, 0) is 20.6 Å². The molecule has 32 heavy (non-hydrogen) atoms. The van der Waals surface area contributed by atoms with E-state index in [1.807, 2.05) is 13.8 Å². The summed E-state index contributed by atoms with van der Waals surface area (Å²) in [7, 11) is 0. The number of carbonyl (C=O) groups is 2. The number of hydrogen-bond donors (Lipinski definition) is 1. The monoisotopic (exact) mass is 447 g/mol. The average Bonchev–Trinajstić information content (AvgIpc) is 3.14. The molecule has 0 spiro atoms. The number of imide groups is 1. The van der Waals surface area contributed by atoms with Gasteiger partial charge >= 0.3 is 12.2 Å². The Bertz CT molecular complexity index is 888. The van der Waals surface area contributed by atoms with Gasteiger partial charge in [-0.05, 0) is 55.4 Å². The largest absolute Gasteiger partial charge is 0.443 e. The van der Waals surface area contributed by atoms with Crippen molar-refractivity contribution in [3.05, 3.63) is 24.3 Å². The number of H-pyrrole nitrogens is 1. The minimum Gasteiger partial charge on any atom is -0.443 e. The van der Waals surface area contributed by atoms with Crippen LogP contribution in [-0.4, -0.2) is 56.3 Å². The number of carbonyl (C=O) groups excluding carboxylic acids is 2. The van der Waals surface area contributed by atoms with E-state index in [0.717, 1.165) is 4.90 Å². The number of aromatic nitrogens is 4. The van der Waals surface area contributed by atoms with Crippen molar-refractivity contribution in [3.63, 3.8) is 0 Å². The van der Waals surface area contributed by atoms with Crippen molar-refractivity contribution in [3.8, 4) is 11.3 Å². The Morgan fingerprint density at radius 3 is 2.12 bits per heavy atom. The van der Waals surface area contributed by atoms with Gasteiger partial charge in [-0.15, -0.1) is 0 Å². The Morgan fingerprint density at radius 1 is 1.06 bits per heavy atom. The normalized spacial score (nSPS) is 12.9. The van der Waals surface area contributed by atoms with Crippen LogP contribution in [0.25, 0.3) is 11.3 Å². The van der Waals surface area contributed by atoms with Crippen molar-refractivity contribution in [1.29, 1.82) is 0 Å². The van der Waals surface area contributed by atoms with Crippen molar-refractivity contribution in [2.45, 2.75) is 79.1 Å². The van der Waals surface area contributed by atoms with Crippen molar-refractivity contribution in [2.24, 2.45) is 0 Å². The Morgan fingerprint density at radius 2 is 1.66 bits per heavy atom. The third-order valence-electron chi connectivity index (χ3n) is 4.00. The zero-order chi connectivity index (χ0) is 24.1. The topological polar surface area (TPSA) is 120 Å². The lowest BCUT2D eigenvalue weighted by Gasteiger charge is -2.29. The van der Waals surface area contributed by atoms with E-state index < -0.39 is 23.4 Å². The molecular weight excluding hydrogens is 414 g/mol. The van der Waals surface area contributed by atoms with Crippen LogP contribution in [0.15, 0.2) is 18.7 Å². The van der Waals surface area contributed by atoms with Crippen molar-refractivity contribution in [2.75, 3.05) is 11.5 Å². The maximum atomic E-state index is 13.1. The number of amides is 2. The highest BCUT2D eigenvalue weighted by atomic mass is 16.6. The maximum Gasteiger partial charge on any atom is 0.425 e. The molecule has 1 atom stereocenters. The predicted octanol–water partition coefficient (Wildman–Crippen LogP) is 4.51. The van der Waals surface area contributed by atoms with Gasteiger partial charge < -0.3 is 14.2 Å². The van der Waals surface area contributed by atoms with Crippen molar-refractivity contribution >= 4 is 18.0 Å². The number of aromatic amines is 1. The fourth-order valence-electron chi connectivity index (χ4n) is 2.91. The summed E-state index contributed by atoms with van der Waals surface area (Å²) in [6.45, 7) is 14.6. The first-order valence-corrected chi connectivity index (χ1v) is 10.5. The molecule has 0 bridgehead atoms. The Hall–Kier alpha value is -3.01. The first-order valence-electron chi connectivity index (χ1n) is 10.5. The second-order valence-corrected chi connectivity index (χ2v) is 9.28. The van der Waals surface area contributed by atoms with E-state index in [1.54, 1.807) is 53.9 Å². The molecular formula is C22H33N5O5. The molecule has 176 valence electrons. The number of nitrogens with zero attached hydrogens (tertiary/aromatic N) is 4. The van der Waals surface area contributed by atoms with E-state index in [9.17, 15) is 9.59 Å². The lowest BCUT2D eigenvalue weighted by atomic mass is 10.0. The molecule has 2 aromatic rings. The maximum absolute atomic E-state index is 13.1. The van der Waals surface area contributed by atoms with Crippen LogP contribution in [0.1, 0.15) is 61.0 Å². The summed E-state index contributed by atoms with van der Waals surface area (Å²) in [4.78, 5) is 35.8. The van der Waals surface area contributed by atoms with Gasteiger partial charge in [-0.3, -0.25) is 5.10 Å². The highest BCUT2D eigenvalue weighted by molar-refractivity contribution is 6.09. The van der Waals surface area contributed by atoms with Gasteiger partial charge in [0.25, 0.3) is 0 Å². The van der Waals surface area contributed by atoms with Crippen LogP contribution < -0.4 is 4.90 Å². The van der Waals surface area contributed by atoms with Gasteiger partial charge in [-0.2, -0.15) is 10.00 Å². The Labute approximate surface area is 188 Å².